The molecule has 2 heterocycles. The van der Waals surface area contributed by atoms with Crippen LogP contribution in [0, 0.1) is 0 Å². The van der Waals surface area contributed by atoms with Crippen LogP contribution in [0.5, 0.6) is 11.5 Å². The fourth-order valence-electron chi connectivity index (χ4n) is 2.70. The van der Waals surface area contributed by atoms with Crippen LogP contribution in [0.25, 0.3) is 20.8 Å². The van der Waals surface area contributed by atoms with Crippen LogP contribution in [0.15, 0.2) is 52.2 Å². The molecule has 0 aliphatic heterocycles. The first-order valence-corrected chi connectivity index (χ1v) is 11.6. The summed E-state index contributed by atoms with van der Waals surface area (Å²) < 4.78 is 17.9. The maximum absolute atomic E-state index is 12.1. The van der Waals surface area contributed by atoms with Crippen molar-refractivity contribution in [2.24, 2.45) is 0 Å². The third-order valence-corrected chi connectivity index (χ3v) is 7.24. The first-order valence-electron chi connectivity index (χ1n) is 8.97. The molecular weight excluding hydrogens is 440 g/mol. The number of methoxy groups -OCH3 is 2. The van der Waals surface area contributed by atoms with Crippen molar-refractivity contribution in [1.29, 1.82) is 0 Å². The number of aromatic nitrogens is 2. The Labute approximate surface area is 185 Å². The molecule has 0 atom stereocenters. The van der Waals surface area contributed by atoms with Crippen LogP contribution in [-0.4, -0.2) is 35.9 Å². The molecule has 6 nitrogen and oxygen atoms in total. The van der Waals surface area contributed by atoms with E-state index in [0.29, 0.717) is 17.2 Å². The number of benzene rings is 2. The molecule has 0 unspecified atom stereocenters. The highest BCUT2D eigenvalue weighted by atomic mass is 32.2. The number of carbonyl (C=O) groups excluding carboxylic acids is 1. The zero-order chi connectivity index (χ0) is 20.9. The van der Waals surface area contributed by atoms with E-state index in [1.54, 1.807) is 25.6 Å². The van der Waals surface area contributed by atoms with Crippen LogP contribution in [0.3, 0.4) is 0 Å². The van der Waals surface area contributed by atoms with Gasteiger partial charge in [-0.25, -0.2) is 9.97 Å². The Morgan fingerprint density at radius 2 is 1.90 bits per heavy atom. The van der Waals surface area contributed by atoms with Crippen molar-refractivity contribution in [1.82, 2.24) is 9.97 Å². The van der Waals surface area contributed by atoms with Crippen molar-refractivity contribution in [3.63, 3.8) is 0 Å². The van der Waals surface area contributed by atoms with Crippen molar-refractivity contribution in [3.8, 4) is 22.1 Å². The number of carbonyl (C=O) groups is 1. The number of rotatable bonds is 8. The quantitative estimate of drug-likeness (QED) is 0.263. The summed E-state index contributed by atoms with van der Waals surface area (Å²) >= 11 is 4.45. The van der Waals surface area contributed by atoms with Crippen LogP contribution in [0.2, 0.25) is 0 Å². The van der Waals surface area contributed by atoms with Crippen molar-refractivity contribution >= 4 is 50.6 Å². The molecule has 2 aromatic carbocycles. The molecule has 4 rings (SSSR count). The lowest BCUT2D eigenvalue weighted by Crippen LogP contribution is -2.07. The number of thioether (sulfide) groups is 1. The number of ether oxygens (including phenoxy) is 3. The van der Waals surface area contributed by atoms with E-state index in [4.69, 9.17) is 14.2 Å². The summed E-state index contributed by atoms with van der Waals surface area (Å²) in [5.41, 5.74) is 2.58. The average Bonchev–Trinajstić information content (AvgIpc) is 3.42. The van der Waals surface area contributed by atoms with Gasteiger partial charge in [0.25, 0.3) is 0 Å². The molecule has 154 valence electrons. The molecular formula is C21H18N2O4S3. The molecule has 0 bridgehead atoms. The highest BCUT2D eigenvalue weighted by Gasteiger charge is 2.12. The summed E-state index contributed by atoms with van der Waals surface area (Å²) in [7, 11) is 3.20. The number of nitrogens with zero attached hydrogens (tertiary/aromatic N) is 2. The van der Waals surface area contributed by atoms with Crippen LogP contribution >= 0.6 is 34.4 Å². The minimum absolute atomic E-state index is 0.142. The predicted molar refractivity (Wildman–Crippen MR) is 121 cm³/mol. The summed E-state index contributed by atoms with van der Waals surface area (Å²) in [5.74, 6) is 1.23. The standard InChI is InChI=1S/C21H18N2O4S3/c1-25-16-8-7-13(9-17(16)26-2)20-22-14(11-28-20)10-27-19(24)12-29-21-23-15-5-3-4-6-18(15)30-21/h3-9,11H,10,12H2,1-2H3. The van der Waals surface area contributed by atoms with E-state index in [0.717, 1.165) is 25.1 Å². The van der Waals surface area contributed by atoms with Gasteiger partial charge >= 0.3 is 5.97 Å². The second-order valence-electron chi connectivity index (χ2n) is 6.11. The second-order valence-corrected chi connectivity index (χ2v) is 9.22. The summed E-state index contributed by atoms with van der Waals surface area (Å²) in [6.45, 7) is 0.142. The van der Waals surface area contributed by atoms with Gasteiger partial charge in [0.05, 0.1) is 35.9 Å². The molecule has 0 saturated carbocycles. The Hall–Kier alpha value is -2.62. The number of esters is 1. The predicted octanol–water partition coefficient (Wildman–Crippen LogP) is 5.27. The minimum Gasteiger partial charge on any atom is -0.493 e. The average molecular weight is 459 g/mol. The van der Waals surface area contributed by atoms with Gasteiger partial charge in [-0.1, -0.05) is 23.9 Å². The largest absolute Gasteiger partial charge is 0.493 e. The maximum Gasteiger partial charge on any atom is 0.316 e. The first-order chi connectivity index (χ1) is 14.7. The summed E-state index contributed by atoms with van der Waals surface area (Å²) in [5, 5.41) is 2.71. The topological polar surface area (TPSA) is 70.5 Å². The lowest BCUT2D eigenvalue weighted by atomic mass is 10.2. The van der Waals surface area contributed by atoms with E-state index in [1.165, 1.54) is 23.1 Å². The third kappa shape index (κ3) is 4.75. The molecule has 0 radical (unpaired) electrons. The smallest absolute Gasteiger partial charge is 0.316 e. The molecule has 0 amide bonds. The second kappa shape index (κ2) is 9.46. The van der Waals surface area contributed by atoms with Crippen LogP contribution in [-0.2, 0) is 16.1 Å². The Morgan fingerprint density at radius 3 is 2.70 bits per heavy atom. The van der Waals surface area contributed by atoms with Crippen molar-refractivity contribution in [2.45, 2.75) is 10.9 Å². The zero-order valence-electron chi connectivity index (χ0n) is 16.3. The Morgan fingerprint density at radius 1 is 1.07 bits per heavy atom. The summed E-state index contributed by atoms with van der Waals surface area (Å²) in [4.78, 5) is 21.2. The molecule has 0 aliphatic rings. The number of para-hydroxylation sites is 1. The van der Waals surface area contributed by atoms with Gasteiger partial charge in [-0.15, -0.1) is 22.7 Å². The van der Waals surface area contributed by atoms with E-state index >= 15 is 0 Å². The Bertz CT molecular complexity index is 1140. The van der Waals surface area contributed by atoms with Gasteiger partial charge in [0, 0.05) is 10.9 Å². The van der Waals surface area contributed by atoms with Crippen LogP contribution in [0.1, 0.15) is 5.69 Å². The van der Waals surface area contributed by atoms with Crippen molar-refractivity contribution in [2.75, 3.05) is 20.0 Å². The van der Waals surface area contributed by atoms with E-state index in [9.17, 15) is 4.79 Å². The molecule has 9 heteroatoms. The van der Waals surface area contributed by atoms with Gasteiger partial charge in [0.1, 0.15) is 11.6 Å². The third-order valence-electron chi connectivity index (χ3n) is 4.15. The molecule has 30 heavy (non-hydrogen) atoms. The molecule has 2 aromatic heterocycles. The lowest BCUT2D eigenvalue weighted by molar-refractivity contribution is -0.141. The fraction of sp³-hybridized carbons (Fsp3) is 0.190. The number of hydrogen-bond acceptors (Lipinski definition) is 9. The van der Waals surface area contributed by atoms with Crippen molar-refractivity contribution < 1.29 is 19.0 Å². The van der Waals surface area contributed by atoms with E-state index in [-0.39, 0.29) is 18.3 Å². The van der Waals surface area contributed by atoms with Gasteiger partial charge in [-0.05, 0) is 30.3 Å². The fourth-order valence-corrected chi connectivity index (χ4v) is 5.37. The Balaban J connectivity index is 1.32. The van der Waals surface area contributed by atoms with Gasteiger partial charge in [0.15, 0.2) is 15.8 Å². The number of fused-ring (bicyclic) bond motifs is 1. The monoisotopic (exact) mass is 458 g/mol. The van der Waals surface area contributed by atoms with Crippen LogP contribution in [0.4, 0.5) is 0 Å². The molecule has 0 N–H and O–H groups in total. The van der Waals surface area contributed by atoms with E-state index < -0.39 is 0 Å². The highest BCUT2D eigenvalue weighted by Crippen LogP contribution is 2.34. The zero-order valence-corrected chi connectivity index (χ0v) is 18.7. The lowest BCUT2D eigenvalue weighted by Gasteiger charge is -2.08. The Kier molecular flexibility index (Phi) is 6.51. The van der Waals surface area contributed by atoms with Gasteiger partial charge in [-0.3, -0.25) is 4.79 Å². The normalized spacial score (nSPS) is 10.9. The van der Waals surface area contributed by atoms with Gasteiger partial charge in [0.2, 0.25) is 0 Å². The van der Waals surface area contributed by atoms with Gasteiger partial charge < -0.3 is 14.2 Å². The maximum atomic E-state index is 12.1. The van der Waals surface area contributed by atoms with Crippen LogP contribution < -0.4 is 9.47 Å². The summed E-state index contributed by atoms with van der Waals surface area (Å²) in [6, 6.07) is 13.6. The molecule has 0 spiro atoms. The molecule has 0 aliphatic carbocycles. The van der Waals surface area contributed by atoms with Gasteiger partial charge in [-0.2, -0.15) is 0 Å². The molecule has 0 saturated heterocycles. The van der Waals surface area contributed by atoms with E-state index in [1.807, 2.05) is 47.8 Å². The highest BCUT2D eigenvalue weighted by molar-refractivity contribution is 8.01. The summed E-state index contributed by atoms with van der Waals surface area (Å²) in [6.07, 6.45) is 0. The number of thiazole rings is 2. The molecule has 0 fully saturated rings. The van der Waals surface area contributed by atoms with E-state index in [2.05, 4.69) is 9.97 Å². The SMILES string of the molecule is COc1ccc(-c2nc(COC(=O)CSc3nc4ccccc4s3)cs2)cc1OC. The molecule has 4 aromatic rings. The van der Waals surface area contributed by atoms with Crippen molar-refractivity contribution in [3.05, 3.63) is 53.5 Å². The number of hydrogen-bond donors (Lipinski definition) is 0. The first kappa shape index (κ1) is 20.6. The minimum atomic E-state index is -0.292.